The first-order chi connectivity index (χ1) is 12.7. The minimum atomic E-state index is -3.39. The van der Waals surface area contributed by atoms with E-state index >= 15 is 0 Å². The van der Waals surface area contributed by atoms with Crippen LogP contribution in [0.3, 0.4) is 0 Å². The molecule has 3 rings (SSSR count). The number of nitrogens with zero attached hydrogens (tertiary/aromatic N) is 1. The topological polar surface area (TPSA) is 101 Å². The summed E-state index contributed by atoms with van der Waals surface area (Å²) in [7, 11) is -3.39. The van der Waals surface area contributed by atoms with Crippen molar-refractivity contribution in [1.29, 1.82) is 0 Å². The third kappa shape index (κ3) is 3.90. The van der Waals surface area contributed by atoms with Crippen molar-refractivity contribution in [3.8, 4) is 0 Å². The second kappa shape index (κ2) is 6.96. The van der Waals surface area contributed by atoms with Gasteiger partial charge in [-0.1, -0.05) is 6.07 Å². The van der Waals surface area contributed by atoms with E-state index in [9.17, 15) is 22.8 Å². The molecule has 1 aliphatic rings. The van der Waals surface area contributed by atoms with Crippen molar-refractivity contribution in [2.45, 2.75) is 24.7 Å². The average Bonchev–Trinajstić information content (AvgIpc) is 2.94. The summed E-state index contributed by atoms with van der Waals surface area (Å²) < 4.78 is 23.4. The second-order valence-electron chi connectivity index (χ2n) is 6.37. The predicted octanol–water partition coefficient (Wildman–Crippen LogP) is 2.30. The lowest BCUT2D eigenvalue weighted by Crippen LogP contribution is -2.28. The molecule has 1 heterocycles. The molecule has 2 aromatic rings. The lowest BCUT2D eigenvalue weighted by Gasteiger charge is -2.14. The molecule has 0 spiro atoms. The fourth-order valence-electron chi connectivity index (χ4n) is 2.79. The Morgan fingerprint density at radius 2 is 1.59 bits per heavy atom. The number of amides is 3. The van der Waals surface area contributed by atoms with Gasteiger partial charge in [-0.2, -0.15) is 0 Å². The highest BCUT2D eigenvalue weighted by molar-refractivity contribution is 7.90. The molecule has 1 fully saturated rings. The van der Waals surface area contributed by atoms with Crippen molar-refractivity contribution in [3.05, 3.63) is 53.6 Å². The molecule has 8 heteroatoms. The van der Waals surface area contributed by atoms with Gasteiger partial charge in [0, 0.05) is 30.3 Å². The van der Waals surface area contributed by atoms with Gasteiger partial charge in [0.25, 0.3) is 5.91 Å². The molecule has 7 nitrogen and oxygen atoms in total. The summed E-state index contributed by atoms with van der Waals surface area (Å²) in [6.45, 7) is 1.76. The molecular weight excluding hydrogens is 368 g/mol. The Kier molecular flexibility index (Phi) is 4.84. The third-order valence-corrected chi connectivity index (χ3v) is 5.43. The molecule has 0 bridgehead atoms. The molecule has 0 radical (unpaired) electrons. The van der Waals surface area contributed by atoms with Crippen molar-refractivity contribution < 1.29 is 22.8 Å². The van der Waals surface area contributed by atoms with E-state index in [2.05, 4.69) is 5.32 Å². The number of aryl methyl sites for hydroxylation is 1. The van der Waals surface area contributed by atoms with Gasteiger partial charge in [0.1, 0.15) is 0 Å². The largest absolute Gasteiger partial charge is 0.322 e. The van der Waals surface area contributed by atoms with Gasteiger partial charge in [-0.05, 0) is 48.9 Å². The van der Waals surface area contributed by atoms with E-state index in [1.807, 2.05) is 0 Å². The lowest BCUT2D eigenvalue weighted by atomic mass is 10.1. The van der Waals surface area contributed by atoms with Crippen LogP contribution < -0.4 is 10.2 Å². The van der Waals surface area contributed by atoms with E-state index in [1.165, 1.54) is 36.4 Å². The molecule has 1 N–H and O–H groups in total. The van der Waals surface area contributed by atoms with E-state index in [-0.39, 0.29) is 29.6 Å². The number of benzene rings is 2. The monoisotopic (exact) mass is 386 g/mol. The van der Waals surface area contributed by atoms with Crippen molar-refractivity contribution in [1.82, 2.24) is 0 Å². The van der Waals surface area contributed by atoms with Crippen molar-refractivity contribution in [2.24, 2.45) is 0 Å². The zero-order valence-electron chi connectivity index (χ0n) is 14.9. The number of rotatable bonds is 4. The molecule has 2 aromatic carbocycles. The highest BCUT2D eigenvalue weighted by Crippen LogP contribution is 2.24. The van der Waals surface area contributed by atoms with Gasteiger partial charge in [0.2, 0.25) is 11.8 Å². The van der Waals surface area contributed by atoms with Crippen LogP contribution in [0.1, 0.15) is 28.8 Å². The van der Waals surface area contributed by atoms with Gasteiger partial charge in [-0.3, -0.25) is 19.3 Å². The number of hydrogen-bond acceptors (Lipinski definition) is 5. The Labute approximate surface area is 156 Å². The Hall–Kier alpha value is -3.00. The van der Waals surface area contributed by atoms with Crippen LogP contribution in [0.25, 0.3) is 0 Å². The zero-order valence-corrected chi connectivity index (χ0v) is 15.7. The minimum Gasteiger partial charge on any atom is -0.322 e. The van der Waals surface area contributed by atoms with E-state index < -0.39 is 15.7 Å². The van der Waals surface area contributed by atoms with Crippen LogP contribution in [-0.2, 0) is 19.4 Å². The molecule has 140 valence electrons. The molecule has 1 aliphatic heterocycles. The van der Waals surface area contributed by atoms with Gasteiger partial charge in [-0.25, -0.2) is 8.42 Å². The van der Waals surface area contributed by atoms with Gasteiger partial charge in [0.15, 0.2) is 9.84 Å². The first-order valence-electron chi connectivity index (χ1n) is 8.25. The highest BCUT2D eigenvalue weighted by atomic mass is 32.2. The molecular formula is C19H18N2O5S. The lowest BCUT2D eigenvalue weighted by molar-refractivity contribution is -0.121. The summed E-state index contributed by atoms with van der Waals surface area (Å²) in [5, 5.41) is 2.69. The summed E-state index contributed by atoms with van der Waals surface area (Å²) >= 11 is 0. The molecule has 0 atom stereocenters. The highest BCUT2D eigenvalue weighted by Gasteiger charge is 2.30. The third-order valence-electron chi connectivity index (χ3n) is 4.32. The van der Waals surface area contributed by atoms with Gasteiger partial charge < -0.3 is 5.32 Å². The van der Waals surface area contributed by atoms with Crippen molar-refractivity contribution >= 4 is 38.9 Å². The smallest absolute Gasteiger partial charge is 0.255 e. The SMILES string of the molecule is Cc1ccc(S(C)(=O)=O)cc1NC(=O)c1ccc(N2C(=O)CCC2=O)cc1. The van der Waals surface area contributed by atoms with Crippen LogP contribution >= 0.6 is 0 Å². The van der Waals surface area contributed by atoms with Crippen LogP contribution in [0.4, 0.5) is 11.4 Å². The fourth-order valence-corrected chi connectivity index (χ4v) is 3.43. The summed E-state index contributed by atoms with van der Waals surface area (Å²) in [6.07, 6.45) is 1.48. The molecule has 0 aliphatic carbocycles. The first kappa shape index (κ1) is 18.8. The normalized spacial score (nSPS) is 14.5. The van der Waals surface area contributed by atoms with Gasteiger partial charge in [-0.15, -0.1) is 0 Å². The number of sulfone groups is 1. The van der Waals surface area contributed by atoms with E-state index in [1.54, 1.807) is 13.0 Å². The number of carbonyl (C=O) groups excluding carboxylic acids is 3. The maximum absolute atomic E-state index is 12.5. The fraction of sp³-hybridized carbons (Fsp3) is 0.211. The summed E-state index contributed by atoms with van der Waals surface area (Å²) in [5.74, 6) is -0.940. The van der Waals surface area contributed by atoms with Crippen molar-refractivity contribution in [3.63, 3.8) is 0 Å². The summed E-state index contributed by atoms with van der Waals surface area (Å²) in [5.41, 5.74) is 1.87. The maximum Gasteiger partial charge on any atom is 0.255 e. The quantitative estimate of drug-likeness (QED) is 0.813. The standard InChI is InChI=1S/C19H18N2O5S/c1-12-3-8-15(27(2,25)26)11-16(12)20-19(24)13-4-6-14(7-5-13)21-17(22)9-10-18(21)23/h3-8,11H,9-10H2,1-2H3,(H,20,24). The maximum atomic E-state index is 12.5. The Bertz CT molecular complexity index is 1030. The minimum absolute atomic E-state index is 0.116. The van der Waals surface area contributed by atoms with Crippen LogP contribution in [0.2, 0.25) is 0 Å². The van der Waals surface area contributed by atoms with Crippen LogP contribution in [-0.4, -0.2) is 32.4 Å². The average molecular weight is 386 g/mol. The van der Waals surface area contributed by atoms with Crippen LogP contribution in [0.5, 0.6) is 0 Å². The first-order valence-corrected chi connectivity index (χ1v) is 10.1. The van der Waals surface area contributed by atoms with Crippen LogP contribution in [0.15, 0.2) is 47.4 Å². The summed E-state index contributed by atoms with van der Waals surface area (Å²) in [4.78, 5) is 37.3. The Morgan fingerprint density at radius 3 is 2.15 bits per heavy atom. The number of hydrogen-bond donors (Lipinski definition) is 1. The summed E-state index contributed by atoms with van der Waals surface area (Å²) in [6, 6.07) is 10.6. The van der Waals surface area contributed by atoms with E-state index in [0.717, 1.165) is 16.7 Å². The zero-order chi connectivity index (χ0) is 19.8. The van der Waals surface area contributed by atoms with Crippen molar-refractivity contribution in [2.75, 3.05) is 16.5 Å². The van der Waals surface area contributed by atoms with Crippen LogP contribution in [0, 0.1) is 6.92 Å². The number of imide groups is 1. The second-order valence-corrected chi connectivity index (χ2v) is 8.39. The molecule has 0 aromatic heterocycles. The Balaban J connectivity index is 1.81. The van der Waals surface area contributed by atoms with E-state index in [4.69, 9.17) is 0 Å². The number of nitrogens with one attached hydrogen (secondary N) is 1. The molecule has 1 saturated heterocycles. The predicted molar refractivity (Wildman–Crippen MR) is 100 cm³/mol. The molecule has 0 saturated carbocycles. The Morgan fingerprint density at radius 1 is 1.00 bits per heavy atom. The molecule has 27 heavy (non-hydrogen) atoms. The number of anilines is 2. The van der Waals surface area contributed by atoms with Gasteiger partial charge in [0.05, 0.1) is 10.6 Å². The molecule has 3 amide bonds. The number of carbonyl (C=O) groups is 3. The molecule has 0 unspecified atom stereocenters. The van der Waals surface area contributed by atoms with E-state index in [0.29, 0.717) is 16.9 Å². The van der Waals surface area contributed by atoms with Gasteiger partial charge >= 0.3 is 0 Å².